The summed E-state index contributed by atoms with van der Waals surface area (Å²) in [6.45, 7) is 2.13. The maximum atomic E-state index is 12.0. The van der Waals surface area contributed by atoms with Gasteiger partial charge >= 0.3 is 0 Å². The third-order valence-electron chi connectivity index (χ3n) is 2.67. The van der Waals surface area contributed by atoms with Gasteiger partial charge < -0.3 is 9.47 Å². The molecule has 1 aromatic rings. The van der Waals surface area contributed by atoms with Crippen LogP contribution in [-0.4, -0.2) is 20.0 Å². The fourth-order valence-electron chi connectivity index (χ4n) is 1.61. The molecule has 0 aliphatic carbocycles. The second-order valence-corrected chi connectivity index (χ2v) is 3.98. The highest BCUT2D eigenvalue weighted by Gasteiger charge is 2.10. The number of hydrogen-bond acceptors (Lipinski definition) is 3. The lowest BCUT2D eigenvalue weighted by molar-refractivity contribution is 0.104. The van der Waals surface area contributed by atoms with E-state index in [0.29, 0.717) is 17.1 Å². The molecule has 0 atom stereocenters. The van der Waals surface area contributed by atoms with Crippen LogP contribution < -0.4 is 9.47 Å². The SMILES string of the molecule is CCCC/C=C/C(=O)c1cc(OC)ccc1OC. The van der Waals surface area contributed by atoms with Gasteiger partial charge in [0, 0.05) is 0 Å². The lowest BCUT2D eigenvalue weighted by atomic mass is 10.1. The smallest absolute Gasteiger partial charge is 0.189 e. The van der Waals surface area contributed by atoms with Crippen molar-refractivity contribution in [1.82, 2.24) is 0 Å². The van der Waals surface area contributed by atoms with Crippen LogP contribution in [0.4, 0.5) is 0 Å². The van der Waals surface area contributed by atoms with E-state index in [-0.39, 0.29) is 5.78 Å². The van der Waals surface area contributed by atoms with Crippen LogP contribution in [0.3, 0.4) is 0 Å². The van der Waals surface area contributed by atoms with E-state index in [1.54, 1.807) is 38.5 Å². The van der Waals surface area contributed by atoms with E-state index in [9.17, 15) is 4.79 Å². The third kappa shape index (κ3) is 3.91. The number of benzene rings is 1. The van der Waals surface area contributed by atoms with Crippen LogP contribution in [0.15, 0.2) is 30.4 Å². The van der Waals surface area contributed by atoms with Gasteiger partial charge in [-0.2, -0.15) is 0 Å². The zero-order chi connectivity index (χ0) is 13.4. The quantitative estimate of drug-likeness (QED) is 0.420. The molecule has 1 aromatic carbocycles. The van der Waals surface area contributed by atoms with Gasteiger partial charge in [0.25, 0.3) is 0 Å². The van der Waals surface area contributed by atoms with E-state index in [1.807, 2.05) is 6.08 Å². The molecule has 98 valence electrons. The number of hydrogen-bond donors (Lipinski definition) is 0. The molecule has 0 saturated heterocycles. The second-order valence-electron chi connectivity index (χ2n) is 3.98. The normalized spacial score (nSPS) is 10.6. The minimum Gasteiger partial charge on any atom is -0.497 e. The zero-order valence-electron chi connectivity index (χ0n) is 11.2. The van der Waals surface area contributed by atoms with Crippen molar-refractivity contribution in [3.8, 4) is 11.5 Å². The summed E-state index contributed by atoms with van der Waals surface area (Å²) in [6.07, 6.45) is 6.66. The topological polar surface area (TPSA) is 35.5 Å². The lowest BCUT2D eigenvalue weighted by Gasteiger charge is -2.07. The molecule has 0 radical (unpaired) electrons. The number of carbonyl (C=O) groups is 1. The highest BCUT2D eigenvalue weighted by Crippen LogP contribution is 2.24. The number of unbranched alkanes of at least 4 members (excludes halogenated alkanes) is 2. The number of carbonyl (C=O) groups excluding carboxylic acids is 1. The van der Waals surface area contributed by atoms with Gasteiger partial charge in [0.05, 0.1) is 19.8 Å². The summed E-state index contributed by atoms with van der Waals surface area (Å²) in [7, 11) is 3.13. The van der Waals surface area contributed by atoms with Gasteiger partial charge in [-0.15, -0.1) is 0 Å². The van der Waals surface area contributed by atoms with Crippen LogP contribution in [0.1, 0.15) is 36.5 Å². The largest absolute Gasteiger partial charge is 0.497 e. The Hall–Kier alpha value is -1.77. The molecule has 0 N–H and O–H groups in total. The van der Waals surface area contributed by atoms with Crippen LogP contribution in [0.25, 0.3) is 0 Å². The summed E-state index contributed by atoms with van der Waals surface area (Å²) >= 11 is 0. The molecule has 0 amide bonds. The van der Waals surface area contributed by atoms with Crippen LogP contribution >= 0.6 is 0 Å². The number of ether oxygens (including phenoxy) is 2. The summed E-state index contributed by atoms with van der Waals surface area (Å²) in [5, 5.41) is 0. The molecule has 0 bridgehead atoms. The van der Waals surface area contributed by atoms with Gasteiger partial charge in [-0.05, 0) is 30.7 Å². The summed E-state index contributed by atoms with van der Waals surface area (Å²) in [5.41, 5.74) is 0.532. The van der Waals surface area contributed by atoms with Crippen molar-refractivity contribution < 1.29 is 14.3 Å². The molecule has 0 heterocycles. The maximum absolute atomic E-state index is 12.0. The van der Waals surface area contributed by atoms with Crippen LogP contribution in [0.5, 0.6) is 11.5 Å². The Kier molecular flexibility index (Phi) is 5.98. The Morgan fingerprint density at radius 2 is 2.06 bits per heavy atom. The van der Waals surface area contributed by atoms with Gasteiger partial charge in [-0.1, -0.05) is 25.8 Å². The Bertz CT molecular complexity index is 422. The highest BCUT2D eigenvalue weighted by molar-refractivity contribution is 6.06. The molecular weight excluding hydrogens is 228 g/mol. The minimum absolute atomic E-state index is 0.0538. The summed E-state index contributed by atoms with van der Waals surface area (Å²) in [6, 6.07) is 5.22. The van der Waals surface area contributed by atoms with Crippen molar-refractivity contribution in [2.75, 3.05) is 14.2 Å². The number of allylic oxidation sites excluding steroid dienone is 2. The van der Waals surface area contributed by atoms with Crippen molar-refractivity contribution in [2.45, 2.75) is 26.2 Å². The molecule has 0 spiro atoms. The summed E-state index contributed by atoms with van der Waals surface area (Å²) < 4.78 is 10.3. The number of methoxy groups -OCH3 is 2. The maximum Gasteiger partial charge on any atom is 0.189 e. The molecule has 0 aliphatic rings. The van der Waals surface area contributed by atoms with Crippen molar-refractivity contribution in [2.24, 2.45) is 0 Å². The molecule has 0 aliphatic heterocycles. The Morgan fingerprint density at radius 1 is 1.28 bits per heavy atom. The predicted molar refractivity (Wildman–Crippen MR) is 72.5 cm³/mol. The van der Waals surface area contributed by atoms with E-state index >= 15 is 0 Å². The van der Waals surface area contributed by atoms with Gasteiger partial charge in [0.2, 0.25) is 0 Å². The number of rotatable bonds is 7. The molecule has 0 fully saturated rings. The van der Waals surface area contributed by atoms with Gasteiger partial charge in [-0.3, -0.25) is 4.79 Å². The molecule has 18 heavy (non-hydrogen) atoms. The Balaban J connectivity index is 2.85. The lowest BCUT2D eigenvalue weighted by Crippen LogP contribution is -1.99. The van der Waals surface area contributed by atoms with Crippen LogP contribution in [-0.2, 0) is 0 Å². The van der Waals surface area contributed by atoms with Crippen molar-refractivity contribution in [3.63, 3.8) is 0 Å². The van der Waals surface area contributed by atoms with E-state index in [1.165, 1.54) is 0 Å². The molecule has 3 heteroatoms. The molecule has 1 rings (SSSR count). The Labute approximate surface area is 108 Å². The van der Waals surface area contributed by atoms with Crippen LogP contribution in [0.2, 0.25) is 0 Å². The first kappa shape index (κ1) is 14.3. The predicted octanol–water partition coefficient (Wildman–Crippen LogP) is 3.63. The second kappa shape index (κ2) is 7.54. The molecule has 0 unspecified atom stereocenters. The Morgan fingerprint density at radius 3 is 2.67 bits per heavy atom. The first-order valence-corrected chi connectivity index (χ1v) is 6.15. The average molecular weight is 248 g/mol. The first-order chi connectivity index (χ1) is 8.72. The molecular formula is C15H20O3. The van der Waals surface area contributed by atoms with Gasteiger partial charge in [-0.25, -0.2) is 0 Å². The van der Waals surface area contributed by atoms with Crippen molar-refractivity contribution in [3.05, 3.63) is 35.9 Å². The number of ketones is 1. The van der Waals surface area contributed by atoms with E-state index in [4.69, 9.17) is 9.47 Å². The highest BCUT2D eigenvalue weighted by atomic mass is 16.5. The van der Waals surface area contributed by atoms with E-state index in [0.717, 1.165) is 19.3 Å². The molecule has 3 nitrogen and oxygen atoms in total. The van der Waals surface area contributed by atoms with Gasteiger partial charge in [0.1, 0.15) is 11.5 Å². The standard InChI is InChI=1S/C15H20O3/c1-4-5-6-7-8-14(16)13-11-12(17-2)9-10-15(13)18-3/h7-11H,4-6H2,1-3H3/b8-7+. The first-order valence-electron chi connectivity index (χ1n) is 6.15. The minimum atomic E-state index is -0.0538. The van der Waals surface area contributed by atoms with E-state index in [2.05, 4.69) is 6.92 Å². The summed E-state index contributed by atoms with van der Waals surface area (Å²) in [4.78, 5) is 12.0. The summed E-state index contributed by atoms with van der Waals surface area (Å²) in [5.74, 6) is 1.17. The average Bonchev–Trinajstić information content (AvgIpc) is 2.42. The fraction of sp³-hybridized carbons (Fsp3) is 0.400. The van der Waals surface area contributed by atoms with Crippen LogP contribution in [0, 0.1) is 0 Å². The molecule has 0 aromatic heterocycles. The van der Waals surface area contributed by atoms with Crippen molar-refractivity contribution >= 4 is 5.78 Å². The fourth-order valence-corrected chi connectivity index (χ4v) is 1.61. The monoisotopic (exact) mass is 248 g/mol. The van der Waals surface area contributed by atoms with Crippen molar-refractivity contribution in [1.29, 1.82) is 0 Å². The van der Waals surface area contributed by atoms with E-state index < -0.39 is 0 Å². The zero-order valence-corrected chi connectivity index (χ0v) is 11.2. The molecule has 0 saturated carbocycles. The van der Waals surface area contributed by atoms with Gasteiger partial charge in [0.15, 0.2) is 5.78 Å². The third-order valence-corrected chi connectivity index (χ3v) is 2.67.